The Morgan fingerprint density at radius 2 is 2.16 bits per heavy atom. The van der Waals surface area contributed by atoms with E-state index in [0.29, 0.717) is 17.8 Å². The molecule has 6 nitrogen and oxygen atoms in total. The molecular formula is C12H9BrN2O4. The van der Waals surface area contributed by atoms with Crippen molar-refractivity contribution in [2.24, 2.45) is 0 Å². The number of cyclic esters (lactones) is 1. The van der Waals surface area contributed by atoms with Gasteiger partial charge in [-0.1, -0.05) is 15.9 Å². The number of carbonyl (C=O) groups is 3. The van der Waals surface area contributed by atoms with Gasteiger partial charge in [-0.2, -0.15) is 0 Å². The molecule has 0 saturated carbocycles. The minimum atomic E-state index is -0.587. The minimum absolute atomic E-state index is 0.173. The zero-order valence-electron chi connectivity index (χ0n) is 9.68. The third-order valence-corrected chi connectivity index (χ3v) is 3.56. The lowest BCUT2D eigenvalue weighted by Gasteiger charge is -2.19. The van der Waals surface area contributed by atoms with Crippen LogP contribution in [0.2, 0.25) is 0 Å². The van der Waals surface area contributed by atoms with Gasteiger partial charge in [0.1, 0.15) is 6.10 Å². The van der Waals surface area contributed by atoms with E-state index in [2.05, 4.69) is 21.2 Å². The maximum absolute atomic E-state index is 11.9. The van der Waals surface area contributed by atoms with Gasteiger partial charge < -0.3 is 15.0 Å². The molecule has 98 valence electrons. The summed E-state index contributed by atoms with van der Waals surface area (Å²) in [7, 11) is 0. The number of nitrogens with zero attached hydrogens (tertiary/aromatic N) is 1. The molecule has 0 aliphatic carbocycles. The molecule has 1 atom stereocenters. The Labute approximate surface area is 116 Å². The smallest absolute Gasteiger partial charge is 0.407 e. The van der Waals surface area contributed by atoms with Crippen LogP contribution in [0.4, 0.5) is 10.5 Å². The number of rotatable bonds is 2. The monoisotopic (exact) mass is 324 g/mol. The van der Waals surface area contributed by atoms with Crippen LogP contribution in [0.5, 0.6) is 0 Å². The highest BCUT2D eigenvalue weighted by Crippen LogP contribution is 2.32. The molecular weight excluding hydrogens is 316 g/mol. The molecule has 0 spiro atoms. The molecule has 2 aliphatic heterocycles. The summed E-state index contributed by atoms with van der Waals surface area (Å²) < 4.78 is 5.76. The van der Waals surface area contributed by atoms with Gasteiger partial charge in [-0.15, -0.1) is 0 Å². The second kappa shape index (κ2) is 4.34. The van der Waals surface area contributed by atoms with Crippen LogP contribution in [0.25, 0.3) is 0 Å². The molecule has 2 heterocycles. The summed E-state index contributed by atoms with van der Waals surface area (Å²) in [5.74, 6) is -1.11. The van der Waals surface area contributed by atoms with Crippen LogP contribution in [0.15, 0.2) is 22.7 Å². The van der Waals surface area contributed by atoms with Gasteiger partial charge >= 0.3 is 6.09 Å². The van der Waals surface area contributed by atoms with Crippen molar-refractivity contribution >= 4 is 39.4 Å². The van der Waals surface area contributed by atoms with Gasteiger partial charge in [0.25, 0.3) is 11.7 Å². The van der Waals surface area contributed by atoms with Gasteiger partial charge in [0.05, 0.1) is 24.3 Å². The van der Waals surface area contributed by atoms with E-state index in [1.54, 1.807) is 18.2 Å². The number of hydrogen-bond donors (Lipinski definition) is 1. The first-order chi connectivity index (χ1) is 9.06. The van der Waals surface area contributed by atoms with Crippen molar-refractivity contribution in [3.8, 4) is 0 Å². The van der Waals surface area contributed by atoms with E-state index in [1.807, 2.05) is 0 Å². The summed E-state index contributed by atoms with van der Waals surface area (Å²) in [6.07, 6.45) is -0.938. The lowest BCUT2D eigenvalue weighted by atomic mass is 10.1. The van der Waals surface area contributed by atoms with Gasteiger partial charge in [-0.25, -0.2) is 4.79 Å². The molecule has 3 rings (SSSR count). The highest BCUT2D eigenvalue weighted by atomic mass is 79.9. The van der Waals surface area contributed by atoms with Crippen molar-refractivity contribution in [2.45, 2.75) is 6.10 Å². The third-order valence-electron chi connectivity index (χ3n) is 3.07. The van der Waals surface area contributed by atoms with Crippen LogP contribution in [-0.2, 0) is 9.53 Å². The highest BCUT2D eigenvalue weighted by molar-refractivity contribution is 9.10. The van der Waals surface area contributed by atoms with E-state index < -0.39 is 23.9 Å². The molecule has 0 bridgehead atoms. The first-order valence-corrected chi connectivity index (χ1v) is 6.46. The summed E-state index contributed by atoms with van der Waals surface area (Å²) in [5.41, 5.74) is 0.929. The fraction of sp³-hybridized carbons (Fsp3) is 0.250. The van der Waals surface area contributed by atoms with Crippen molar-refractivity contribution in [3.05, 3.63) is 28.2 Å². The number of nitrogens with one attached hydrogen (secondary N) is 1. The Kier molecular flexibility index (Phi) is 2.78. The first-order valence-electron chi connectivity index (χ1n) is 5.66. The van der Waals surface area contributed by atoms with E-state index in [1.165, 1.54) is 4.90 Å². The second-order valence-corrected chi connectivity index (χ2v) is 5.23. The quantitative estimate of drug-likeness (QED) is 0.826. The van der Waals surface area contributed by atoms with Gasteiger partial charge in [0, 0.05) is 4.47 Å². The molecule has 1 saturated heterocycles. The molecule has 1 aromatic rings. The zero-order chi connectivity index (χ0) is 13.6. The predicted molar refractivity (Wildman–Crippen MR) is 69.1 cm³/mol. The number of benzene rings is 1. The SMILES string of the molecule is O=C1NCC(CN2C(=O)C(=O)c3ccc(Br)cc32)O1. The Balaban J connectivity index is 1.90. The number of anilines is 1. The van der Waals surface area contributed by atoms with Gasteiger partial charge in [-0.3, -0.25) is 9.59 Å². The number of hydrogen-bond acceptors (Lipinski definition) is 4. The topological polar surface area (TPSA) is 75.7 Å². The van der Waals surface area contributed by atoms with E-state index in [0.717, 1.165) is 4.47 Å². The Hall–Kier alpha value is -1.89. The molecule has 0 aromatic heterocycles. The van der Waals surface area contributed by atoms with Crippen molar-refractivity contribution in [2.75, 3.05) is 18.0 Å². The first kappa shape index (κ1) is 12.2. The normalized spacial score (nSPS) is 21.4. The van der Waals surface area contributed by atoms with Gasteiger partial charge in [0.15, 0.2) is 0 Å². The van der Waals surface area contributed by atoms with E-state index >= 15 is 0 Å². The predicted octanol–water partition coefficient (Wildman–Crippen LogP) is 1.09. The summed E-state index contributed by atoms with van der Waals surface area (Å²) in [6, 6.07) is 5.03. The lowest BCUT2D eigenvalue weighted by molar-refractivity contribution is -0.114. The summed E-state index contributed by atoms with van der Waals surface area (Å²) in [6.45, 7) is 0.507. The van der Waals surface area contributed by atoms with Gasteiger partial charge in [0.2, 0.25) is 0 Å². The van der Waals surface area contributed by atoms with Crippen LogP contribution in [0, 0.1) is 0 Å². The van der Waals surface area contributed by atoms with Crippen molar-refractivity contribution < 1.29 is 19.1 Å². The Bertz CT molecular complexity index is 601. The maximum Gasteiger partial charge on any atom is 0.407 e. The molecule has 1 unspecified atom stereocenters. The van der Waals surface area contributed by atoms with Crippen LogP contribution >= 0.6 is 15.9 Å². The van der Waals surface area contributed by atoms with Crippen LogP contribution in [0.1, 0.15) is 10.4 Å². The molecule has 1 fully saturated rings. The zero-order valence-corrected chi connectivity index (χ0v) is 11.3. The highest BCUT2D eigenvalue weighted by Gasteiger charge is 2.38. The second-order valence-electron chi connectivity index (χ2n) is 4.31. The number of ketones is 1. The van der Waals surface area contributed by atoms with E-state index in [9.17, 15) is 14.4 Å². The molecule has 0 radical (unpaired) electrons. The summed E-state index contributed by atoms with van der Waals surface area (Å²) >= 11 is 3.31. The number of Topliss-reactive ketones (excluding diaryl/α,β-unsaturated/α-hetero) is 1. The molecule has 19 heavy (non-hydrogen) atoms. The molecule has 2 aliphatic rings. The fourth-order valence-electron chi connectivity index (χ4n) is 2.19. The molecule has 1 N–H and O–H groups in total. The Morgan fingerprint density at radius 1 is 1.37 bits per heavy atom. The van der Waals surface area contributed by atoms with Gasteiger partial charge in [-0.05, 0) is 18.2 Å². The maximum atomic E-state index is 11.9. The fourth-order valence-corrected chi connectivity index (χ4v) is 2.53. The average Bonchev–Trinajstić information content (AvgIpc) is 2.88. The molecule has 2 amide bonds. The van der Waals surface area contributed by atoms with E-state index in [4.69, 9.17) is 4.74 Å². The number of alkyl carbamates (subject to hydrolysis) is 1. The number of carbonyl (C=O) groups excluding carboxylic acids is 3. The van der Waals surface area contributed by atoms with Crippen molar-refractivity contribution in [1.29, 1.82) is 0 Å². The largest absolute Gasteiger partial charge is 0.442 e. The number of ether oxygens (including phenoxy) is 1. The van der Waals surface area contributed by atoms with Crippen LogP contribution in [-0.4, -0.2) is 37.0 Å². The average molecular weight is 325 g/mol. The molecule has 7 heteroatoms. The van der Waals surface area contributed by atoms with Crippen LogP contribution < -0.4 is 10.2 Å². The molecule has 1 aromatic carbocycles. The number of halogens is 1. The van der Waals surface area contributed by atoms with Crippen molar-refractivity contribution in [1.82, 2.24) is 5.32 Å². The standard InChI is InChI=1S/C12H9BrN2O4/c13-6-1-2-8-9(3-6)15(11(17)10(8)16)5-7-4-14-12(18)19-7/h1-3,7H,4-5H2,(H,14,18). The lowest BCUT2D eigenvalue weighted by Crippen LogP contribution is -2.38. The van der Waals surface area contributed by atoms with Crippen LogP contribution in [0.3, 0.4) is 0 Å². The summed E-state index contributed by atoms with van der Waals surface area (Å²) in [4.78, 5) is 36.1. The number of fused-ring (bicyclic) bond motifs is 1. The van der Waals surface area contributed by atoms with Crippen molar-refractivity contribution in [3.63, 3.8) is 0 Å². The Morgan fingerprint density at radius 3 is 2.84 bits per heavy atom. The summed E-state index contributed by atoms with van der Waals surface area (Å²) in [5, 5.41) is 2.51. The third kappa shape index (κ3) is 1.99. The minimum Gasteiger partial charge on any atom is -0.442 e. The van der Waals surface area contributed by atoms with E-state index in [-0.39, 0.29) is 6.54 Å². The number of amides is 2.